The average molecular weight is 310 g/mol. The lowest BCUT2D eigenvalue weighted by Crippen LogP contribution is -2.51. The van der Waals surface area contributed by atoms with Gasteiger partial charge in [-0.1, -0.05) is 24.3 Å². The number of hydrogen-bond acceptors (Lipinski definition) is 4. The average Bonchev–Trinajstić information content (AvgIpc) is 2.55. The number of hydrogen-bond donors (Lipinski definition) is 3. The van der Waals surface area contributed by atoms with Crippen LogP contribution in [0.1, 0.15) is 11.7 Å². The summed E-state index contributed by atoms with van der Waals surface area (Å²) in [6.07, 6.45) is -0.492. The lowest BCUT2D eigenvalue weighted by atomic mass is 10.1. The predicted octanol–water partition coefficient (Wildman–Crippen LogP) is 1.24. The second-order valence-corrected chi connectivity index (χ2v) is 5.25. The van der Waals surface area contributed by atoms with E-state index in [-0.39, 0.29) is 17.3 Å². The molecule has 2 aromatic carbocycles. The lowest BCUT2D eigenvalue weighted by Gasteiger charge is -2.21. The summed E-state index contributed by atoms with van der Waals surface area (Å²) in [6.45, 7) is 0. The molecule has 0 saturated carbocycles. The van der Waals surface area contributed by atoms with E-state index in [9.17, 15) is 9.18 Å². The highest BCUT2D eigenvalue weighted by atomic mass is 19.1. The summed E-state index contributed by atoms with van der Waals surface area (Å²) in [5, 5.41) is 3.41. The van der Waals surface area contributed by atoms with Gasteiger partial charge in [-0.2, -0.15) is 4.99 Å². The van der Waals surface area contributed by atoms with Crippen LogP contribution in [-0.2, 0) is 0 Å². The summed E-state index contributed by atoms with van der Waals surface area (Å²) in [6, 6.07) is 13.3. The molecule has 114 valence electrons. The summed E-state index contributed by atoms with van der Waals surface area (Å²) in [4.78, 5) is 19.4. The minimum Gasteiger partial charge on any atom is -0.357 e. The summed E-state index contributed by atoms with van der Waals surface area (Å²) in [7, 11) is 0. The predicted molar refractivity (Wildman–Crippen MR) is 84.5 cm³/mol. The largest absolute Gasteiger partial charge is 0.367 e. The fourth-order valence-corrected chi connectivity index (χ4v) is 2.78. The summed E-state index contributed by atoms with van der Waals surface area (Å²) in [5.41, 5.74) is 7.09. The fraction of sp³-hybridized carbons (Fsp3) is 0.0625. The molecular weight excluding hydrogens is 297 g/mol. The van der Waals surface area contributed by atoms with Crippen molar-refractivity contribution in [1.29, 1.82) is 0 Å². The number of guanidine groups is 1. The Morgan fingerprint density at radius 1 is 1.13 bits per heavy atom. The first kappa shape index (κ1) is 13.4. The SMILES string of the molecule is NC1=N[C@H](c2ccc(F)cc2)[n+]2c([nH]c(=O)c3ccccc32)N1. The number of fused-ring (bicyclic) bond motifs is 3. The van der Waals surface area contributed by atoms with E-state index in [2.05, 4.69) is 15.3 Å². The molecule has 23 heavy (non-hydrogen) atoms. The maximum Gasteiger partial charge on any atom is 0.367 e. The van der Waals surface area contributed by atoms with Crippen molar-refractivity contribution in [3.8, 4) is 0 Å². The first-order valence-corrected chi connectivity index (χ1v) is 7.06. The molecule has 0 fully saturated rings. The van der Waals surface area contributed by atoms with E-state index in [0.29, 0.717) is 16.9 Å². The molecule has 0 saturated heterocycles. The van der Waals surface area contributed by atoms with Gasteiger partial charge in [0.15, 0.2) is 0 Å². The first-order chi connectivity index (χ1) is 11.1. The van der Waals surface area contributed by atoms with Crippen LogP contribution in [0.15, 0.2) is 58.3 Å². The van der Waals surface area contributed by atoms with Crippen LogP contribution in [0.4, 0.5) is 10.3 Å². The van der Waals surface area contributed by atoms with Gasteiger partial charge in [-0.3, -0.25) is 4.79 Å². The number of halogens is 1. The van der Waals surface area contributed by atoms with E-state index in [1.807, 2.05) is 16.7 Å². The van der Waals surface area contributed by atoms with Crippen molar-refractivity contribution in [1.82, 2.24) is 4.98 Å². The molecule has 0 radical (unpaired) electrons. The summed E-state index contributed by atoms with van der Waals surface area (Å²) >= 11 is 0. The number of nitrogens with two attached hydrogens (primary N) is 1. The number of anilines is 1. The van der Waals surface area contributed by atoms with Crippen LogP contribution < -0.4 is 21.2 Å². The number of rotatable bonds is 1. The summed E-state index contributed by atoms with van der Waals surface area (Å²) in [5.74, 6) is 0.303. The molecule has 1 aliphatic heterocycles. The Morgan fingerprint density at radius 2 is 1.87 bits per heavy atom. The van der Waals surface area contributed by atoms with Crippen molar-refractivity contribution in [2.24, 2.45) is 10.7 Å². The van der Waals surface area contributed by atoms with Gasteiger partial charge in [-0.25, -0.2) is 19.3 Å². The number of aromatic nitrogens is 2. The Kier molecular flexibility index (Phi) is 2.87. The second-order valence-electron chi connectivity index (χ2n) is 5.25. The van der Waals surface area contributed by atoms with Gasteiger partial charge in [0, 0.05) is 5.56 Å². The Hall–Kier alpha value is -3.22. The highest BCUT2D eigenvalue weighted by Gasteiger charge is 2.30. The molecule has 1 atom stereocenters. The van der Waals surface area contributed by atoms with Crippen LogP contribution in [0.25, 0.3) is 10.9 Å². The van der Waals surface area contributed by atoms with Crippen molar-refractivity contribution >= 4 is 22.8 Å². The molecule has 0 aliphatic carbocycles. The van der Waals surface area contributed by atoms with Gasteiger partial charge in [0.1, 0.15) is 11.3 Å². The number of nitrogens with zero attached hydrogens (tertiary/aromatic N) is 2. The molecule has 0 unspecified atom stereocenters. The number of aromatic amines is 1. The fourth-order valence-electron chi connectivity index (χ4n) is 2.78. The third-order valence-electron chi connectivity index (χ3n) is 3.80. The van der Waals surface area contributed by atoms with Crippen LogP contribution in [0, 0.1) is 5.82 Å². The third kappa shape index (κ3) is 2.13. The van der Waals surface area contributed by atoms with Crippen molar-refractivity contribution in [2.75, 3.05) is 5.32 Å². The second kappa shape index (κ2) is 4.91. The normalized spacial score (nSPS) is 16.6. The van der Waals surface area contributed by atoms with E-state index < -0.39 is 6.17 Å². The number of para-hydroxylation sites is 1. The third-order valence-corrected chi connectivity index (χ3v) is 3.80. The molecule has 3 aromatic rings. The van der Waals surface area contributed by atoms with Gasteiger partial charge >= 0.3 is 11.5 Å². The van der Waals surface area contributed by atoms with Gasteiger partial charge in [-0.15, -0.1) is 0 Å². The van der Waals surface area contributed by atoms with Crippen LogP contribution >= 0.6 is 0 Å². The van der Waals surface area contributed by atoms with Crippen molar-refractivity contribution in [3.05, 3.63) is 70.3 Å². The van der Waals surface area contributed by atoms with Crippen molar-refractivity contribution in [3.63, 3.8) is 0 Å². The number of aliphatic imine (C=N–C) groups is 1. The molecule has 0 spiro atoms. The molecule has 2 heterocycles. The number of H-pyrrole nitrogens is 1. The molecule has 0 bridgehead atoms. The smallest absolute Gasteiger partial charge is 0.357 e. The first-order valence-electron chi connectivity index (χ1n) is 7.06. The minimum atomic E-state index is -0.492. The molecule has 0 amide bonds. The van der Waals surface area contributed by atoms with Crippen LogP contribution in [0.2, 0.25) is 0 Å². The Balaban J connectivity index is 2.03. The van der Waals surface area contributed by atoms with Crippen molar-refractivity contribution < 1.29 is 8.96 Å². The van der Waals surface area contributed by atoms with E-state index >= 15 is 0 Å². The number of nitrogens with one attached hydrogen (secondary N) is 2. The molecule has 1 aromatic heterocycles. The minimum absolute atomic E-state index is 0.185. The number of benzene rings is 2. The van der Waals surface area contributed by atoms with Crippen LogP contribution in [0.3, 0.4) is 0 Å². The molecule has 6 nitrogen and oxygen atoms in total. The van der Waals surface area contributed by atoms with E-state index in [4.69, 9.17) is 5.73 Å². The van der Waals surface area contributed by atoms with E-state index in [1.54, 1.807) is 24.3 Å². The Bertz CT molecular complexity index is 994. The maximum atomic E-state index is 13.2. The van der Waals surface area contributed by atoms with Gasteiger partial charge < -0.3 is 5.73 Å². The molecule has 4 rings (SSSR count). The lowest BCUT2D eigenvalue weighted by molar-refractivity contribution is -0.677. The highest BCUT2D eigenvalue weighted by molar-refractivity contribution is 5.91. The van der Waals surface area contributed by atoms with Gasteiger partial charge in [0.05, 0.1) is 5.39 Å². The topological polar surface area (TPSA) is 87.2 Å². The molecule has 7 heteroatoms. The maximum absolute atomic E-state index is 13.2. The summed E-state index contributed by atoms with van der Waals surface area (Å²) < 4.78 is 15.0. The Morgan fingerprint density at radius 3 is 2.65 bits per heavy atom. The quantitative estimate of drug-likeness (QED) is 0.591. The zero-order chi connectivity index (χ0) is 16.0. The highest BCUT2D eigenvalue weighted by Crippen LogP contribution is 2.21. The monoisotopic (exact) mass is 310 g/mol. The standard InChI is InChI=1S/C16H12FN5O/c17-10-7-5-9(6-8-10)13-19-15(18)21-16-20-14(23)11-3-1-2-4-12(11)22(13)16/h1-8,13H,(H3,18,19,20,21,23)/p+1/t13-/m0/s1. The van der Waals surface area contributed by atoms with Gasteiger partial charge in [0.25, 0.3) is 5.96 Å². The van der Waals surface area contributed by atoms with Gasteiger partial charge in [0.2, 0.25) is 6.17 Å². The van der Waals surface area contributed by atoms with Crippen molar-refractivity contribution in [2.45, 2.75) is 6.17 Å². The Labute approximate surface area is 130 Å². The van der Waals surface area contributed by atoms with Gasteiger partial charge in [-0.05, 0) is 24.3 Å². The molecule has 1 aliphatic rings. The van der Waals surface area contributed by atoms with Crippen LogP contribution in [-0.4, -0.2) is 10.9 Å². The van der Waals surface area contributed by atoms with Crippen LogP contribution in [0.5, 0.6) is 0 Å². The zero-order valence-corrected chi connectivity index (χ0v) is 12.0. The molecular formula is C16H13FN5O+. The van der Waals surface area contributed by atoms with E-state index in [0.717, 1.165) is 5.56 Å². The van der Waals surface area contributed by atoms with E-state index in [1.165, 1.54) is 12.1 Å². The molecule has 4 N–H and O–H groups in total. The zero-order valence-electron chi connectivity index (χ0n) is 12.0.